The highest BCUT2D eigenvalue weighted by atomic mass is 16.5. The molecule has 0 aromatic carbocycles. The van der Waals surface area contributed by atoms with E-state index in [1.54, 1.807) is 18.5 Å². The Bertz CT molecular complexity index is 664. The van der Waals surface area contributed by atoms with Crippen molar-refractivity contribution >= 4 is 11.9 Å². The van der Waals surface area contributed by atoms with E-state index in [9.17, 15) is 0 Å². The molecule has 11 nitrogen and oxygen atoms in total. The first-order valence-electron chi connectivity index (χ1n) is 5.57. The second-order valence-electron chi connectivity index (χ2n) is 3.58. The fourth-order valence-electron chi connectivity index (χ4n) is 1.43. The molecule has 3 rings (SSSR count). The highest BCUT2D eigenvalue weighted by molar-refractivity contribution is 5.36. The van der Waals surface area contributed by atoms with Crippen LogP contribution in [0, 0.1) is 0 Å². The van der Waals surface area contributed by atoms with Gasteiger partial charge in [-0.15, -0.1) is 0 Å². The van der Waals surface area contributed by atoms with E-state index in [2.05, 4.69) is 45.5 Å². The van der Waals surface area contributed by atoms with Crippen LogP contribution >= 0.6 is 0 Å². The second-order valence-corrected chi connectivity index (χ2v) is 3.58. The van der Waals surface area contributed by atoms with Crippen molar-refractivity contribution in [1.82, 2.24) is 34.9 Å². The Hall–Kier alpha value is -3.08. The minimum Gasteiger partial charge on any atom is -0.347 e. The molecule has 0 bridgehead atoms. The first kappa shape index (κ1) is 12.0. The second kappa shape index (κ2) is 5.27. The zero-order chi connectivity index (χ0) is 13.8. The number of anilines is 2. The van der Waals surface area contributed by atoms with Crippen LogP contribution in [0.2, 0.25) is 0 Å². The number of nitrogens with zero attached hydrogens (tertiary/aromatic N) is 7. The largest absolute Gasteiger partial charge is 0.347 e. The Balaban J connectivity index is 1.84. The lowest BCUT2D eigenvalue weighted by Crippen LogP contribution is -2.16. The van der Waals surface area contributed by atoms with Crippen LogP contribution in [-0.4, -0.2) is 34.9 Å². The lowest BCUT2D eigenvalue weighted by molar-refractivity contribution is 0.411. The number of hydrogen-bond donors (Lipinski definition) is 3. The van der Waals surface area contributed by atoms with Gasteiger partial charge in [0.05, 0.1) is 6.54 Å². The first-order valence-corrected chi connectivity index (χ1v) is 5.57. The van der Waals surface area contributed by atoms with Crippen LogP contribution in [0.25, 0.3) is 5.95 Å². The summed E-state index contributed by atoms with van der Waals surface area (Å²) in [4.78, 5) is 16.2. The van der Waals surface area contributed by atoms with Crippen molar-refractivity contribution in [2.24, 2.45) is 5.84 Å². The summed E-state index contributed by atoms with van der Waals surface area (Å²) < 4.78 is 6.12. The van der Waals surface area contributed by atoms with E-state index in [1.165, 1.54) is 11.1 Å². The molecule has 20 heavy (non-hydrogen) atoms. The van der Waals surface area contributed by atoms with Crippen LogP contribution in [0.4, 0.5) is 11.9 Å². The smallest absolute Gasteiger partial charge is 0.257 e. The fraction of sp³-hybridized carbons (Fsp3) is 0.111. The molecule has 0 saturated carbocycles. The standard InChI is InChI=1S/C9H10N10O/c10-17-8-14-7(11-4-6-12-5-20-18-6)15-9(16-8)19-3-1-2-13-19/h1-3,5H,4,10H2,(H2,11,14,15,16,17). The van der Waals surface area contributed by atoms with E-state index in [4.69, 9.17) is 5.84 Å². The first-order chi connectivity index (χ1) is 9.85. The van der Waals surface area contributed by atoms with E-state index >= 15 is 0 Å². The Morgan fingerprint density at radius 1 is 1.25 bits per heavy atom. The molecule has 102 valence electrons. The van der Waals surface area contributed by atoms with Gasteiger partial charge in [0, 0.05) is 12.4 Å². The molecule has 0 aliphatic carbocycles. The fourth-order valence-corrected chi connectivity index (χ4v) is 1.43. The van der Waals surface area contributed by atoms with Crippen LogP contribution in [0.5, 0.6) is 0 Å². The van der Waals surface area contributed by atoms with Crippen molar-refractivity contribution in [3.63, 3.8) is 0 Å². The van der Waals surface area contributed by atoms with Gasteiger partial charge in [-0.2, -0.15) is 25.0 Å². The molecule has 0 fully saturated rings. The third-order valence-corrected chi connectivity index (χ3v) is 2.27. The molecule has 0 spiro atoms. The molecule has 0 unspecified atom stereocenters. The van der Waals surface area contributed by atoms with E-state index in [0.29, 0.717) is 24.3 Å². The third-order valence-electron chi connectivity index (χ3n) is 2.27. The van der Waals surface area contributed by atoms with Gasteiger partial charge in [-0.3, -0.25) is 5.43 Å². The summed E-state index contributed by atoms with van der Waals surface area (Å²) in [6, 6.07) is 1.76. The average molecular weight is 274 g/mol. The summed E-state index contributed by atoms with van der Waals surface area (Å²) in [5.41, 5.74) is 2.37. The van der Waals surface area contributed by atoms with E-state index < -0.39 is 0 Å². The summed E-state index contributed by atoms with van der Waals surface area (Å²) >= 11 is 0. The van der Waals surface area contributed by atoms with Crippen molar-refractivity contribution in [2.45, 2.75) is 6.54 Å². The molecule has 0 radical (unpaired) electrons. The number of nitrogen functional groups attached to an aromatic ring is 1. The zero-order valence-electron chi connectivity index (χ0n) is 10.1. The molecule has 0 amide bonds. The molecule has 11 heteroatoms. The molecule has 4 N–H and O–H groups in total. The molecule has 3 aromatic heterocycles. The van der Waals surface area contributed by atoms with Gasteiger partial charge in [0.15, 0.2) is 5.82 Å². The summed E-state index contributed by atoms with van der Waals surface area (Å²) in [5.74, 6) is 6.66. The number of nitrogens with one attached hydrogen (secondary N) is 2. The van der Waals surface area contributed by atoms with Gasteiger partial charge < -0.3 is 9.84 Å². The van der Waals surface area contributed by atoms with Crippen LogP contribution in [0.1, 0.15) is 5.82 Å². The summed E-state index contributed by atoms with van der Waals surface area (Å²) in [7, 11) is 0. The minimum absolute atomic E-state index is 0.209. The highest BCUT2D eigenvalue weighted by Gasteiger charge is 2.08. The minimum atomic E-state index is 0.209. The van der Waals surface area contributed by atoms with Gasteiger partial charge in [-0.05, 0) is 6.07 Å². The molecule has 0 atom stereocenters. The lowest BCUT2D eigenvalue weighted by atomic mass is 10.6. The monoisotopic (exact) mass is 274 g/mol. The van der Waals surface area contributed by atoms with E-state index in [-0.39, 0.29) is 5.95 Å². The predicted octanol–water partition coefficient (Wildman–Crippen LogP) is -0.662. The third kappa shape index (κ3) is 2.51. The zero-order valence-corrected chi connectivity index (χ0v) is 10.1. The highest BCUT2D eigenvalue weighted by Crippen LogP contribution is 2.08. The summed E-state index contributed by atoms with van der Waals surface area (Å²) in [6.07, 6.45) is 4.57. The summed E-state index contributed by atoms with van der Waals surface area (Å²) in [5, 5.41) is 10.6. The van der Waals surface area contributed by atoms with Crippen molar-refractivity contribution in [3.05, 3.63) is 30.7 Å². The van der Waals surface area contributed by atoms with Crippen LogP contribution in [-0.2, 0) is 6.54 Å². The van der Waals surface area contributed by atoms with Gasteiger partial charge in [-0.25, -0.2) is 10.5 Å². The number of nitrogens with two attached hydrogens (primary N) is 1. The number of hydrogen-bond acceptors (Lipinski definition) is 10. The van der Waals surface area contributed by atoms with Crippen molar-refractivity contribution < 1.29 is 4.52 Å². The number of hydrazine groups is 1. The molecule has 0 aliphatic heterocycles. The maximum absolute atomic E-state index is 5.33. The molecule has 0 saturated heterocycles. The number of aromatic nitrogens is 7. The summed E-state index contributed by atoms with van der Waals surface area (Å²) in [6.45, 7) is 0.309. The van der Waals surface area contributed by atoms with Gasteiger partial charge in [0.1, 0.15) is 0 Å². The average Bonchev–Trinajstić information content (AvgIpc) is 3.17. The normalized spacial score (nSPS) is 10.4. The Labute approximate surface area is 112 Å². The van der Waals surface area contributed by atoms with E-state index in [1.807, 2.05) is 0 Å². The quantitative estimate of drug-likeness (QED) is 0.404. The molecule has 3 heterocycles. The lowest BCUT2D eigenvalue weighted by Gasteiger charge is -2.06. The van der Waals surface area contributed by atoms with Gasteiger partial charge >= 0.3 is 0 Å². The number of rotatable bonds is 5. The van der Waals surface area contributed by atoms with Crippen molar-refractivity contribution in [2.75, 3.05) is 10.7 Å². The Kier molecular flexibility index (Phi) is 3.16. The molecule has 3 aromatic rings. The predicted molar refractivity (Wildman–Crippen MR) is 66.4 cm³/mol. The SMILES string of the molecule is NNc1nc(NCc2ncon2)nc(-n2cccn2)n1. The van der Waals surface area contributed by atoms with Gasteiger partial charge in [-0.1, -0.05) is 5.16 Å². The van der Waals surface area contributed by atoms with Crippen molar-refractivity contribution in [3.8, 4) is 5.95 Å². The maximum Gasteiger partial charge on any atom is 0.257 e. The molecule has 0 aliphatic rings. The van der Waals surface area contributed by atoms with E-state index in [0.717, 1.165) is 0 Å². The molecular formula is C9H10N10O. The van der Waals surface area contributed by atoms with Crippen LogP contribution in [0.15, 0.2) is 29.4 Å². The van der Waals surface area contributed by atoms with Crippen molar-refractivity contribution in [1.29, 1.82) is 0 Å². The maximum atomic E-state index is 5.33. The van der Waals surface area contributed by atoms with Gasteiger partial charge in [0.2, 0.25) is 18.3 Å². The van der Waals surface area contributed by atoms with Crippen LogP contribution in [0.3, 0.4) is 0 Å². The Morgan fingerprint density at radius 2 is 2.15 bits per heavy atom. The Morgan fingerprint density at radius 3 is 2.85 bits per heavy atom. The van der Waals surface area contributed by atoms with Gasteiger partial charge in [0.25, 0.3) is 5.95 Å². The topological polar surface area (TPSA) is 145 Å². The van der Waals surface area contributed by atoms with Crippen LogP contribution < -0.4 is 16.6 Å². The molecular weight excluding hydrogens is 264 g/mol.